The zero-order chi connectivity index (χ0) is 15.8. The molecule has 0 aliphatic rings. The fraction of sp³-hybridized carbons (Fsp3) is 0.211. The molecule has 2 aromatic rings. The van der Waals surface area contributed by atoms with E-state index in [0.717, 1.165) is 17.7 Å². The summed E-state index contributed by atoms with van der Waals surface area (Å²) in [6, 6.07) is 16.7. The minimum absolute atomic E-state index is 0.136. The van der Waals surface area contributed by atoms with Crippen molar-refractivity contribution >= 4 is 11.9 Å². The number of hydrogen-bond acceptors (Lipinski definition) is 3. The van der Waals surface area contributed by atoms with Gasteiger partial charge in [-0.05, 0) is 30.2 Å². The van der Waals surface area contributed by atoms with Gasteiger partial charge < -0.3 is 9.47 Å². The van der Waals surface area contributed by atoms with Gasteiger partial charge in [0.2, 0.25) is 5.78 Å². The number of carbonyl (C=O) groups excluding carboxylic acids is 1. The second-order valence-corrected chi connectivity index (χ2v) is 4.83. The monoisotopic (exact) mass is 296 g/mol. The first-order valence-electron chi connectivity index (χ1n) is 7.33. The van der Waals surface area contributed by atoms with Gasteiger partial charge in [0.25, 0.3) is 0 Å². The molecule has 22 heavy (non-hydrogen) atoms. The Morgan fingerprint density at radius 3 is 2.55 bits per heavy atom. The van der Waals surface area contributed by atoms with E-state index in [0.29, 0.717) is 17.9 Å². The first-order valence-corrected chi connectivity index (χ1v) is 7.33. The van der Waals surface area contributed by atoms with Crippen LogP contribution in [0.25, 0.3) is 6.08 Å². The number of carbonyl (C=O) groups is 1. The van der Waals surface area contributed by atoms with Crippen LogP contribution in [0.3, 0.4) is 0 Å². The largest absolute Gasteiger partial charge is 0.494 e. The molecule has 0 bridgehead atoms. The Balaban J connectivity index is 2.23. The SMILES string of the molecule is CCCOc1cccc(C=C(OC)C(=O)c2ccccc2)c1. The first-order chi connectivity index (χ1) is 10.7. The van der Waals surface area contributed by atoms with Gasteiger partial charge in [-0.2, -0.15) is 0 Å². The number of ether oxygens (including phenoxy) is 2. The van der Waals surface area contributed by atoms with E-state index >= 15 is 0 Å². The molecule has 0 aliphatic carbocycles. The molecule has 0 radical (unpaired) electrons. The van der Waals surface area contributed by atoms with Gasteiger partial charge in [-0.25, -0.2) is 0 Å². The Morgan fingerprint density at radius 2 is 1.86 bits per heavy atom. The molecule has 0 fully saturated rings. The van der Waals surface area contributed by atoms with Gasteiger partial charge in [-0.3, -0.25) is 4.79 Å². The van der Waals surface area contributed by atoms with Crippen LogP contribution >= 0.6 is 0 Å². The van der Waals surface area contributed by atoms with Crippen LogP contribution in [0.15, 0.2) is 60.4 Å². The summed E-state index contributed by atoms with van der Waals surface area (Å²) < 4.78 is 10.9. The Morgan fingerprint density at radius 1 is 1.09 bits per heavy atom. The van der Waals surface area contributed by atoms with E-state index in [1.165, 1.54) is 7.11 Å². The molecule has 3 heteroatoms. The molecular weight excluding hydrogens is 276 g/mol. The summed E-state index contributed by atoms with van der Waals surface area (Å²) in [5.74, 6) is 0.958. The zero-order valence-electron chi connectivity index (χ0n) is 12.9. The topological polar surface area (TPSA) is 35.5 Å². The van der Waals surface area contributed by atoms with Crippen molar-refractivity contribution in [1.82, 2.24) is 0 Å². The molecule has 0 atom stereocenters. The third kappa shape index (κ3) is 4.22. The maximum atomic E-state index is 12.4. The lowest BCUT2D eigenvalue weighted by Crippen LogP contribution is -2.05. The van der Waals surface area contributed by atoms with Crippen molar-refractivity contribution in [2.45, 2.75) is 13.3 Å². The summed E-state index contributed by atoms with van der Waals surface area (Å²) in [7, 11) is 1.50. The molecule has 114 valence electrons. The summed E-state index contributed by atoms with van der Waals surface area (Å²) in [6.45, 7) is 2.73. The molecule has 0 spiro atoms. The van der Waals surface area contributed by atoms with Gasteiger partial charge in [-0.15, -0.1) is 0 Å². The predicted octanol–water partition coefficient (Wildman–Crippen LogP) is 4.35. The number of rotatable bonds is 7. The molecule has 0 N–H and O–H groups in total. The highest BCUT2D eigenvalue weighted by Gasteiger charge is 2.12. The van der Waals surface area contributed by atoms with Gasteiger partial charge in [0.15, 0.2) is 5.76 Å². The first kappa shape index (κ1) is 15.8. The van der Waals surface area contributed by atoms with Gasteiger partial charge in [0, 0.05) is 5.56 Å². The van der Waals surface area contributed by atoms with E-state index in [-0.39, 0.29) is 5.78 Å². The van der Waals surface area contributed by atoms with E-state index in [4.69, 9.17) is 9.47 Å². The highest BCUT2D eigenvalue weighted by Crippen LogP contribution is 2.18. The molecule has 0 heterocycles. The Kier molecular flexibility index (Phi) is 5.78. The Labute approximate surface area is 131 Å². The molecule has 2 rings (SSSR count). The highest BCUT2D eigenvalue weighted by molar-refractivity contribution is 6.09. The van der Waals surface area contributed by atoms with Crippen LogP contribution in [-0.4, -0.2) is 19.5 Å². The van der Waals surface area contributed by atoms with Crippen molar-refractivity contribution in [2.75, 3.05) is 13.7 Å². The number of methoxy groups -OCH3 is 1. The van der Waals surface area contributed by atoms with Crippen LogP contribution in [0.1, 0.15) is 29.3 Å². The third-order valence-electron chi connectivity index (χ3n) is 3.11. The summed E-state index contributed by atoms with van der Waals surface area (Å²) >= 11 is 0. The number of allylic oxidation sites excluding steroid dienone is 1. The average molecular weight is 296 g/mol. The Hall–Kier alpha value is -2.55. The fourth-order valence-corrected chi connectivity index (χ4v) is 2.01. The van der Waals surface area contributed by atoms with Crippen molar-refractivity contribution in [2.24, 2.45) is 0 Å². The minimum Gasteiger partial charge on any atom is -0.494 e. The minimum atomic E-state index is -0.136. The van der Waals surface area contributed by atoms with Crippen molar-refractivity contribution < 1.29 is 14.3 Å². The molecule has 2 aromatic carbocycles. The number of hydrogen-bond donors (Lipinski definition) is 0. The van der Waals surface area contributed by atoms with Crippen LogP contribution in [0.4, 0.5) is 0 Å². The van der Waals surface area contributed by atoms with E-state index in [9.17, 15) is 4.79 Å². The van der Waals surface area contributed by atoms with E-state index in [1.807, 2.05) is 42.5 Å². The van der Waals surface area contributed by atoms with E-state index in [1.54, 1.807) is 18.2 Å². The van der Waals surface area contributed by atoms with Gasteiger partial charge in [0.05, 0.1) is 13.7 Å². The smallest absolute Gasteiger partial charge is 0.227 e. The molecule has 0 aliphatic heterocycles. The van der Waals surface area contributed by atoms with Crippen molar-refractivity contribution in [3.8, 4) is 5.75 Å². The maximum Gasteiger partial charge on any atom is 0.227 e. The second kappa shape index (κ2) is 8.03. The zero-order valence-corrected chi connectivity index (χ0v) is 12.9. The van der Waals surface area contributed by atoms with Crippen molar-refractivity contribution in [1.29, 1.82) is 0 Å². The van der Waals surface area contributed by atoms with Crippen LogP contribution in [0.2, 0.25) is 0 Å². The summed E-state index contributed by atoms with van der Waals surface area (Å²) in [5, 5.41) is 0. The van der Waals surface area contributed by atoms with Gasteiger partial charge in [0.1, 0.15) is 5.75 Å². The molecule has 3 nitrogen and oxygen atoms in total. The predicted molar refractivity (Wildman–Crippen MR) is 88.0 cm³/mol. The normalized spacial score (nSPS) is 11.1. The lowest BCUT2D eigenvalue weighted by molar-refractivity contribution is 0.0957. The van der Waals surface area contributed by atoms with E-state index in [2.05, 4.69) is 6.92 Å². The van der Waals surface area contributed by atoms with Crippen molar-refractivity contribution in [3.63, 3.8) is 0 Å². The molecule has 0 unspecified atom stereocenters. The van der Waals surface area contributed by atoms with Crippen LogP contribution < -0.4 is 4.74 Å². The molecule has 0 amide bonds. The molecule has 0 saturated carbocycles. The molecular formula is C19H20O3. The third-order valence-corrected chi connectivity index (χ3v) is 3.11. The standard InChI is InChI=1S/C19H20O3/c1-3-12-22-17-11-7-8-15(13-17)14-18(21-2)19(20)16-9-5-4-6-10-16/h4-11,13-14H,3,12H2,1-2H3. The summed E-state index contributed by atoms with van der Waals surface area (Å²) in [6.07, 6.45) is 2.68. The molecule has 0 saturated heterocycles. The second-order valence-electron chi connectivity index (χ2n) is 4.83. The number of benzene rings is 2. The Bertz CT molecular complexity index is 645. The summed E-state index contributed by atoms with van der Waals surface area (Å²) in [4.78, 5) is 12.4. The lowest BCUT2D eigenvalue weighted by atomic mass is 10.1. The fourth-order valence-electron chi connectivity index (χ4n) is 2.01. The van der Waals surface area contributed by atoms with Gasteiger partial charge >= 0.3 is 0 Å². The summed E-state index contributed by atoms with van der Waals surface area (Å²) in [5.41, 5.74) is 1.48. The van der Waals surface area contributed by atoms with E-state index < -0.39 is 0 Å². The number of Topliss-reactive ketones (excluding diaryl/α,β-unsaturated/α-hetero) is 1. The molecule has 0 aromatic heterocycles. The van der Waals surface area contributed by atoms with Crippen LogP contribution in [-0.2, 0) is 4.74 Å². The highest BCUT2D eigenvalue weighted by atomic mass is 16.5. The number of ketones is 1. The maximum absolute atomic E-state index is 12.4. The lowest BCUT2D eigenvalue weighted by Gasteiger charge is -2.07. The average Bonchev–Trinajstić information content (AvgIpc) is 2.58. The van der Waals surface area contributed by atoms with Crippen LogP contribution in [0, 0.1) is 0 Å². The van der Waals surface area contributed by atoms with Crippen LogP contribution in [0.5, 0.6) is 5.75 Å². The van der Waals surface area contributed by atoms with Crippen molar-refractivity contribution in [3.05, 3.63) is 71.5 Å². The quantitative estimate of drug-likeness (QED) is 0.433. The van der Waals surface area contributed by atoms with Gasteiger partial charge in [-0.1, -0.05) is 49.4 Å².